The van der Waals surface area contributed by atoms with Crippen molar-refractivity contribution in [1.82, 2.24) is 9.97 Å². The molecule has 1 amide bonds. The lowest BCUT2D eigenvalue weighted by atomic mass is 9.97. The van der Waals surface area contributed by atoms with Crippen LogP contribution in [0.5, 0.6) is 5.75 Å². The fourth-order valence-electron chi connectivity index (χ4n) is 4.29. The van der Waals surface area contributed by atoms with E-state index in [1.165, 1.54) is 12.7 Å². The quantitative estimate of drug-likeness (QED) is 0.907. The number of benzene rings is 1. The summed E-state index contributed by atoms with van der Waals surface area (Å²) in [4.78, 5) is 21.5. The van der Waals surface area contributed by atoms with Crippen molar-refractivity contribution in [3.8, 4) is 5.75 Å². The van der Waals surface area contributed by atoms with Crippen LogP contribution >= 0.6 is 0 Å². The number of nitrogens with zero attached hydrogens (tertiary/aromatic N) is 2. The average molecular weight is 341 g/mol. The van der Waals surface area contributed by atoms with Crippen LogP contribution in [0.4, 0.5) is 5.69 Å². The van der Waals surface area contributed by atoms with Gasteiger partial charge in [0.2, 0.25) is 0 Å². The lowest BCUT2D eigenvalue weighted by molar-refractivity contribution is -0.122. The molecule has 6 nitrogen and oxygen atoms in total. The van der Waals surface area contributed by atoms with Gasteiger partial charge >= 0.3 is 0 Å². The molecule has 3 atom stereocenters. The van der Waals surface area contributed by atoms with Crippen LogP contribution in [0.3, 0.4) is 0 Å². The Morgan fingerprint density at radius 1 is 1.52 bits per heavy atom. The summed E-state index contributed by atoms with van der Waals surface area (Å²) in [7, 11) is 1.54. The van der Waals surface area contributed by atoms with Crippen LogP contribution in [0.25, 0.3) is 0 Å². The minimum absolute atomic E-state index is 0.00789. The van der Waals surface area contributed by atoms with E-state index in [1.807, 2.05) is 25.3 Å². The van der Waals surface area contributed by atoms with Gasteiger partial charge in [0, 0.05) is 54.0 Å². The van der Waals surface area contributed by atoms with Crippen molar-refractivity contribution in [2.45, 2.75) is 25.2 Å². The third-order valence-corrected chi connectivity index (χ3v) is 5.73. The SMILES string of the molecule is CCN(C(=O)COC)c1ccc2c(c1)C1C(CO2)C1(C)c1cnc[nH]1. The molecule has 4 rings (SSSR count). The number of methoxy groups -OCH3 is 1. The Labute approximate surface area is 147 Å². The summed E-state index contributed by atoms with van der Waals surface area (Å²) >= 11 is 0. The maximum Gasteiger partial charge on any atom is 0.252 e. The maximum atomic E-state index is 12.3. The molecule has 0 radical (unpaired) electrons. The first-order valence-electron chi connectivity index (χ1n) is 8.66. The van der Waals surface area contributed by atoms with Crippen LogP contribution in [-0.4, -0.2) is 42.7 Å². The third kappa shape index (κ3) is 2.35. The molecule has 1 N–H and O–H groups in total. The highest BCUT2D eigenvalue weighted by Gasteiger charge is 2.66. The predicted octanol–water partition coefficient (Wildman–Crippen LogP) is 2.47. The number of hydrogen-bond acceptors (Lipinski definition) is 4. The minimum atomic E-state index is -0.0367. The van der Waals surface area contributed by atoms with E-state index < -0.39 is 0 Å². The molecule has 132 valence electrons. The first-order valence-corrected chi connectivity index (χ1v) is 8.66. The normalized spacial score (nSPS) is 26.4. The second-order valence-corrected chi connectivity index (χ2v) is 6.94. The van der Waals surface area contributed by atoms with E-state index in [0.29, 0.717) is 25.0 Å². The van der Waals surface area contributed by atoms with Crippen LogP contribution in [0, 0.1) is 5.92 Å². The molecule has 1 saturated carbocycles. The monoisotopic (exact) mass is 341 g/mol. The number of nitrogens with one attached hydrogen (secondary N) is 1. The van der Waals surface area contributed by atoms with Crippen LogP contribution < -0.4 is 9.64 Å². The molecule has 2 heterocycles. The molecular weight excluding hydrogens is 318 g/mol. The number of aromatic nitrogens is 2. The van der Waals surface area contributed by atoms with Crippen LogP contribution in [-0.2, 0) is 14.9 Å². The van der Waals surface area contributed by atoms with E-state index in [0.717, 1.165) is 17.1 Å². The summed E-state index contributed by atoms with van der Waals surface area (Å²) in [5.74, 6) is 1.70. The number of anilines is 1. The van der Waals surface area contributed by atoms with Crippen molar-refractivity contribution in [1.29, 1.82) is 0 Å². The predicted molar refractivity (Wildman–Crippen MR) is 94.0 cm³/mol. The van der Waals surface area contributed by atoms with E-state index >= 15 is 0 Å². The zero-order valence-corrected chi connectivity index (χ0v) is 14.8. The maximum absolute atomic E-state index is 12.3. The van der Waals surface area contributed by atoms with Crippen molar-refractivity contribution in [2.24, 2.45) is 5.92 Å². The van der Waals surface area contributed by atoms with Crippen molar-refractivity contribution < 1.29 is 14.3 Å². The highest BCUT2D eigenvalue weighted by atomic mass is 16.5. The van der Waals surface area contributed by atoms with Gasteiger partial charge in [0.15, 0.2) is 0 Å². The number of carbonyl (C=O) groups is 1. The number of ether oxygens (including phenoxy) is 2. The Morgan fingerprint density at radius 2 is 2.36 bits per heavy atom. The topological polar surface area (TPSA) is 67.5 Å². The highest BCUT2D eigenvalue weighted by Crippen LogP contribution is 2.68. The lowest BCUT2D eigenvalue weighted by Crippen LogP contribution is -2.33. The number of rotatable bonds is 5. The van der Waals surface area contributed by atoms with Gasteiger partial charge < -0.3 is 19.4 Å². The molecule has 1 aliphatic carbocycles. The third-order valence-electron chi connectivity index (χ3n) is 5.73. The van der Waals surface area contributed by atoms with Gasteiger partial charge in [-0.3, -0.25) is 4.79 Å². The molecule has 2 aromatic rings. The number of fused-ring (bicyclic) bond motifs is 3. The molecule has 0 bridgehead atoms. The molecule has 25 heavy (non-hydrogen) atoms. The molecule has 3 unspecified atom stereocenters. The number of carbonyl (C=O) groups excluding carboxylic acids is 1. The number of likely N-dealkylation sites (N-methyl/N-ethyl adjacent to an activating group) is 1. The van der Waals surface area contributed by atoms with E-state index in [2.05, 4.69) is 23.0 Å². The lowest BCUT2D eigenvalue weighted by Gasteiger charge is -2.24. The largest absolute Gasteiger partial charge is 0.493 e. The average Bonchev–Trinajstić information content (AvgIpc) is 2.99. The number of amides is 1. The number of aromatic amines is 1. The summed E-state index contributed by atoms with van der Waals surface area (Å²) in [5, 5.41) is 0. The van der Waals surface area contributed by atoms with E-state index in [1.54, 1.807) is 11.2 Å². The summed E-state index contributed by atoms with van der Waals surface area (Å²) in [6.07, 6.45) is 3.63. The Balaban J connectivity index is 1.69. The van der Waals surface area contributed by atoms with Crippen molar-refractivity contribution >= 4 is 11.6 Å². The van der Waals surface area contributed by atoms with Gasteiger partial charge in [-0.25, -0.2) is 4.98 Å². The highest BCUT2D eigenvalue weighted by molar-refractivity contribution is 5.94. The second kappa shape index (κ2) is 5.88. The molecular formula is C19H23N3O3. The van der Waals surface area contributed by atoms with Crippen molar-refractivity contribution in [2.75, 3.05) is 31.8 Å². The van der Waals surface area contributed by atoms with Gasteiger partial charge in [-0.1, -0.05) is 6.92 Å². The molecule has 1 aromatic carbocycles. The van der Waals surface area contributed by atoms with Crippen LogP contribution in [0.1, 0.15) is 31.0 Å². The summed E-state index contributed by atoms with van der Waals surface area (Å²) < 4.78 is 11.0. The van der Waals surface area contributed by atoms with Crippen molar-refractivity contribution in [3.63, 3.8) is 0 Å². The molecule has 6 heteroatoms. The van der Waals surface area contributed by atoms with Gasteiger partial charge in [-0.2, -0.15) is 0 Å². The van der Waals surface area contributed by atoms with Gasteiger partial charge in [0.05, 0.1) is 12.9 Å². The summed E-state index contributed by atoms with van der Waals surface area (Å²) in [5.41, 5.74) is 3.22. The van der Waals surface area contributed by atoms with Gasteiger partial charge in [0.1, 0.15) is 12.4 Å². The standard InChI is InChI=1S/C19H23N3O3/c1-4-22(17(23)10-24-3)12-5-6-15-13(7-12)18-14(9-25-15)19(18,2)16-8-20-11-21-16/h5-8,11,14,18H,4,9-10H2,1-3H3,(H,20,21). The first kappa shape index (κ1) is 16.1. The smallest absolute Gasteiger partial charge is 0.252 e. The summed E-state index contributed by atoms with van der Waals surface area (Å²) in [6.45, 7) is 5.63. The Hall–Kier alpha value is -2.34. The zero-order chi connectivity index (χ0) is 17.6. The molecule has 0 saturated heterocycles. The number of H-pyrrole nitrogens is 1. The van der Waals surface area contributed by atoms with Gasteiger partial charge in [-0.15, -0.1) is 0 Å². The van der Waals surface area contributed by atoms with E-state index in [4.69, 9.17) is 9.47 Å². The Kier molecular flexibility index (Phi) is 3.80. The zero-order valence-electron chi connectivity index (χ0n) is 14.8. The van der Waals surface area contributed by atoms with Crippen LogP contribution in [0.15, 0.2) is 30.7 Å². The molecule has 1 fully saturated rings. The van der Waals surface area contributed by atoms with E-state index in [9.17, 15) is 4.79 Å². The Bertz CT molecular complexity index is 789. The van der Waals surface area contributed by atoms with Gasteiger partial charge in [-0.05, 0) is 25.1 Å². The Morgan fingerprint density at radius 3 is 3.04 bits per heavy atom. The van der Waals surface area contributed by atoms with E-state index in [-0.39, 0.29) is 17.9 Å². The number of imidazole rings is 1. The molecule has 2 aliphatic rings. The fraction of sp³-hybridized carbons (Fsp3) is 0.474. The first-order chi connectivity index (χ1) is 12.1. The molecule has 0 spiro atoms. The second-order valence-electron chi connectivity index (χ2n) is 6.94. The van der Waals surface area contributed by atoms with Gasteiger partial charge in [0.25, 0.3) is 5.91 Å². The molecule has 1 aromatic heterocycles. The molecule has 1 aliphatic heterocycles. The number of hydrogen-bond donors (Lipinski definition) is 1. The van der Waals surface area contributed by atoms with Crippen LogP contribution in [0.2, 0.25) is 0 Å². The fourth-order valence-corrected chi connectivity index (χ4v) is 4.29. The minimum Gasteiger partial charge on any atom is -0.493 e. The van der Waals surface area contributed by atoms with Crippen molar-refractivity contribution in [3.05, 3.63) is 42.0 Å². The summed E-state index contributed by atoms with van der Waals surface area (Å²) in [6, 6.07) is 6.03.